The number of carboxylic acids is 1. The molecular weight excluding hydrogens is 486 g/mol. The van der Waals surface area contributed by atoms with Crippen LogP contribution in [0.4, 0.5) is 5.69 Å². The van der Waals surface area contributed by atoms with Gasteiger partial charge in [-0.1, -0.05) is 24.3 Å². The van der Waals surface area contributed by atoms with Gasteiger partial charge in [0.15, 0.2) is 0 Å². The molecule has 1 aromatic heterocycles. The van der Waals surface area contributed by atoms with Gasteiger partial charge in [0.2, 0.25) is 15.7 Å². The molecule has 0 unspecified atom stereocenters. The molecule has 1 amide bonds. The summed E-state index contributed by atoms with van der Waals surface area (Å²) in [5, 5.41) is 24.9. The van der Waals surface area contributed by atoms with Gasteiger partial charge in [0.25, 0.3) is 5.91 Å². The van der Waals surface area contributed by atoms with Crippen LogP contribution in [0.15, 0.2) is 82.6 Å². The number of hydrogen-bond acceptors (Lipinski definition) is 8. The van der Waals surface area contributed by atoms with Crippen molar-refractivity contribution < 1.29 is 27.9 Å². The van der Waals surface area contributed by atoms with Crippen molar-refractivity contribution in [1.82, 2.24) is 20.6 Å². The summed E-state index contributed by atoms with van der Waals surface area (Å²) >= 11 is 0. The number of aromatic nitrogens is 4. The van der Waals surface area contributed by atoms with Crippen molar-refractivity contribution in [2.45, 2.75) is 22.6 Å². The third-order valence-electron chi connectivity index (χ3n) is 5.11. The van der Waals surface area contributed by atoms with Crippen LogP contribution in [0.1, 0.15) is 23.2 Å². The highest BCUT2D eigenvalue weighted by atomic mass is 32.2. The topological polar surface area (TPSA) is 164 Å². The Bertz CT molecular complexity index is 1470. The van der Waals surface area contributed by atoms with Crippen LogP contribution in [0.5, 0.6) is 5.75 Å². The van der Waals surface area contributed by atoms with Crippen LogP contribution in [0.3, 0.4) is 0 Å². The second-order valence-electron chi connectivity index (χ2n) is 7.56. The standard InChI is InChI=1S/C24H21N5O6S/c30-22(31)10-5-15-35-17-13-11-16(12-14-17)24(32)25-19-7-2-4-9-21(19)36(33,34)20-8-3-1-6-18(20)23-26-28-29-27-23/h1-4,6-9,11-14H,5,10,15H2,(H,25,32)(H,30,31)(H,26,27,28,29). The van der Waals surface area contributed by atoms with E-state index >= 15 is 0 Å². The fraction of sp³-hybridized carbons (Fsp3) is 0.125. The minimum atomic E-state index is -4.08. The highest BCUT2D eigenvalue weighted by molar-refractivity contribution is 7.91. The SMILES string of the molecule is O=C(O)CCCOc1ccc(C(=O)Nc2ccccc2S(=O)(=O)c2ccccc2-c2nn[nH]n2)cc1. The highest BCUT2D eigenvalue weighted by Gasteiger charge is 2.26. The van der Waals surface area contributed by atoms with Crippen molar-refractivity contribution in [3.05, 3.63) is 78.4 Å². The quantitative estimate of drug-likeness (QED) is 0.273. The fourth-order valence-corrected chi connectivity index (χ4v) is 5.00. The van der Waals surface area contributed by atoms with Crippen LogP contribution in [-0.4, -0.2) is 52.6 Å². The number of tetrazole rings is 1. The molecule has 0 bridgehead atoms. The van der Waals surface area contributed by atoms with Crippen molar-refractivity contribution in [3.63, 3.8) is 0 Å². The van der Waals surface area contributed by atoms with Crippen molar-refractivity contribution in [3.8, 4) is 17.1 Å². The summed E-state index contributed by atoms with van der Waals surface area (Å²) in [6, 6.07) is 18.6. The third-order valence-corrected chi connectivity index (χ3v) is 6.98. The maximum Gasteiger partial charge on any atom is 0.303 e. The number of amides is 1. The number of rotatable bonds is 10. The molecule has 0 spiro atoms. The van der Waals surface area contributed by atoms with E-state index in [2.05, 4.69) is 25.9 Å². The summed E-state index contributed by atoms with van der Waals surface area (Å²) < 4.78 is 32.7. The Hall–Kier alpha value is -4.58. The van der Waals surface area contributed by atoms with E-state index in [-0.39, 0.29) is 45.5 Å². The lowest BCUT2D eigenvalue weighted by Crippen LogP contribution is -2.15. The third kappa shape index (κ3) is 5.55. The first-order valence-electron chi connectivity index (χ1n) is 10.8. The summed E-state index contributed by atoms with van der Waals surface area (Å²) in [4.78, 5) is 23.3. The van der Waals surface area contributed by atoms with Gasteiger partial charge >= 0.3 is 5.97 Å². The number of carbonyl (C=O) groups excluding carboxylic acids is 1. The number of aliphatic carboxylic acids is 1. The largest absolute Gasteiger partial charge is 0.494 e. The zero-order valence-corrected chi connectivity index (χ0v) is 19.6. The number of benzene rings is 3. The maximum absolute atomic E-state index is 13.6. The average Bonchev–Trinajstić information content (AvgIpc) is 3.42. The van der Waals surface area contributed by atoms with E-state index in [4.69, 9.17) is 9.84 Å². The van der Waals surface area contributed by atoms with Gasteiger partial charge in [0.1, 0.15) is 5.75 Å². The first kappa shape index (κ1) is 24.5. The Morgan fingerprint density at radius 1 is 0.944 bits per heavy atom. The number of aromatic amines is 1. The van der Waals surface area contributed by atoms with E-state index in [9.17, 15) is 18.0 Å². The monoisotopic (exact) mass is 507 g/mol. The normalized spacial score (nSPS) is 11.1. The van der Waals surface area contributed by atoms with Gasteiger partial charge < -0.3 is 15.2 Å². The molecule has 0 fully saturated rings. The lowest BCUT2D eigenvalue weighted by atomic mass is 10.2. The van der Waals surface area contributed by atoms with Crippen LogP contribution < -0.4 is 10.1 Å². The van der Waals surface area contributed by atoms with Crippen LogP contribution in [-0.2, 0) is 14.6 Å². The van der Waals surface area contributed by atoms with Gasteiger partial charge in [-0.05, 0) is 60.2 Å². The van der Waals surface area contributed by atoms with Crippen molar-refractivity contribution >= 4 is 27.4 Å². The van der Waals surface area contributed by atoms with Crippen molar-refractivity contribution in [2.24, 2.45) is 0 Å². The van der Waals surface area contributed by atoms with E-state index in [1.165, 1.54) is 30.3 Å². The molecule has 184 valence electrons. The number of nitrogens with zero attached hydrogens (tertiary/aromatic N) is 3. The van der Waals surface area contributed by atoms with Gasteiger partial charge in [-0.3, -0.25) is 9.59 Å². The number of carbonyl (C=O) groups is 2. The molecule has 0 saturated heterocycles. The Morgan fingerprint density at radius 3 is 2.33 bits per heavy atom. The number of hydrogen-bond donors (Lipinski definition) is 3. The lowest BCUT2D eigenvalue weighted by Gasteiger charge is -2.14. The van der Waals surface area contributed by atoms with E-state index in [1.54, 1.807) is 42.5 Å². The summed E-state index contributed by atoms with van der Waals surface area (Å²) in [5.74, 6) is -0.799. The number of ether oxygens (including phenoxy) is 1. The first-order valence-corrected chi connectivity index (χ1v) is 12.3. The van der Waals surface area contributed by atoms with Gasteiger partial charge in [-0.15, -0.1) is 10.2 Å². The molecule has 12 heteroatoms. The molecule has 0 radical (unpaired) electrons. The van der Waals surface area contributed by atoms with Crippen LogP contribution in [0, 0.1) is 0 Å². The average molecular weight is 508 g/mol. The second-order valence-corrected chi connectivity index (χ2v) is 9.44. The fourth-order valence-electron chi connectivity index (χ4n) is 3.39. The Morgan fingerprint density at radius 2 is 1.64 bits per heavy atom. The maximum atomic E-state index is 13.6. The van der Waals surface area contributed by atoms with Crippen LogP contribution in [0.2, 0.25) is 0 Å². The Balaban J connectivity index is 1.54. The molecule has 0 aliphatic rings. The molecule has 4 aromatic rings. The molecule has 1 heterocycles. The van der Waals surface area contributed by atoms with Crippen molar-refractivity contribution in [1.29, 1.82) is 0 Å². The second kappa shape index (κ2) is 10.8. The number of para-hydroxylation sites is 1. The number of anilines is 1. The number of carboxylic acid groups (broad SMARTS) is 1. The highest BCUT2D eigenvalue weighted by Crippen LogP contribution is 2.33. The zero-order valence-electron chi connectivity index (χ0n) is 18.8. The predicted molar refractivity (Wildman–Crippen MR) is 128 cm³/mol. The summed E-state index contributed by atoms with van der Waals surface area (Å²) in [7, 11) is -4.08. The molecule has 3 aromatic carbocycles. The molecule has 0 aliphatic carbocycles. The summed E-state index contributed by atoms with van der Waals surface area (Å²) in [5.41, 5.74) is 0.665. The summed E-state index contributed by atoms with van der Waals surface area (Å²) in [6.45, 7) is 0.231. The molecule has 3 N–H and O–H groups in total. The number of H-pyrrole nitrogens is 1. The minimum Gasteiger partial charge on any atom is -0.494 e. The number of nitrogens with one attached hydrogen (secondary N) is 2. The lowest BCUT2D eigenvalue weighted by molar-refractivity contribution is -0.137. The Kier molecular flexibility index (Phi) is 7.35. The van der Waals surface area contributed by atoms with E-state index < -0.39 is 21.7 Å². The Labute approximate surface area is 206 Å². The van der Waals surface area contributed by atoms with Crippen molar-refractivity contribution in [2.75, 3.05) is 11.9 Å². The molecule has 0 aliphatic heterocycles. The van der Waals surface area contributed by atoms with Crippen LogP contribution in [0.25, 0.3) is 11.4 Å². The van der Waals surface area contributed by atoms with Gasteiger partial charge in [-0.2, -0.15) is 5.21 Å². The van der Waals surface area contributed by atoms with E-state index in [0.29, 0.717) is 12.2 Å². The molecule has 36 heavy (non-hydrogen) atoms. The molecule has 0 saturated carbocycles. The first-order chi connectivity index (χ1) is 17.4. The van der Waals surface area contributed by atoms with Gasteiger partial charge in [0, 0.05) is 17.5 Å². The smallest absolute Gasteiger partial charge is 0.303 e. The zero-order chi connectivity index (χ0) is 25.5. The summed E-state index contributed by atoms with van der Waals surface area (Å²) in [6.07, 6.45) is 0.362. The molecular formula is C24H21N5O6S. The van der Waals surface area contributed by atoms with E-state index in [0.717, 1.165) is 0 Å². The van der Waals surface area contributed by atoms with Gasteiger partial charge in [-0.25, -0.2) is 8.42 Å². The van der Waals surface area contributed by atoms with Gasteiger partial charge in [0.05, 0.1) is 22.1 Å². The molecule has 11 nitrogen and oxygen atoms in total. The van der Waals surface area contributed by atoms with E-state index in [1.807, 2.05) is 0 Å². The molecule has 4 rings (SSSR count). The molecule has 0 atom stereocenters. The number of sulfone groups is 1. The minimum absolute atomic E-state index is 0.00236. The predicted octanol–water partition coefficient (Wildman–Crippen LogP) is 3.20. The van der Waals surface area contributed by atoms with Crippen LogP contribution >= 0.6 is 0 Å².